The molecule has 1 heterocycles. The average Bonchev–Trinajstić information content (AvgIpc) is 3.18. The first-order chi connectivity index (χ1) is 16.0. The van der Waals surface area contributed by atoms with Crippen LogP contribution in [0.4, 0.5) is 10.1 Å². The van der Waals surface area contributed by atoms with E-state index in [1.165, 1.54) is 36.0 Å². The smallest absolute Gasteiger partial charge is 0.242 e. The fourth-order valence-electron chi connectivity index (χ4n) is 3.02. The van der Waals surface area contributed by atoms with Crippen molar-refractivity contribution in [3.8, 4) is 5.75 Å². The van der Waals surface area contributed by atoms with Crippen LogP contribution in [0.2, 0.25) is 5.02 Å². The molecule has 0 bridgehead atoms. The zero-order valence-corrected chi connectivity index (χ0v) is 19.2. The number of nitrogens with zero attached hydrogens (tertiary/aromatic N) is 3. The third-order valence-electron chi connectivity index (χ3n) is 4.79. The second-order valence-electron chi connectivity index (χ2n) is 7.08. The summed E-state index contributed by atoms with van der Waals surface area (Å²) in [4.78, 5) is 13.1. The van der Waals surface area contributed by atoms with E-state index in [1.807, 2.05) is 49.5 Å². The summed E-state index contributed by atoms with van der Waals surface area (Å²) in [6.45, 7) is 0.172. The Bertz CT molecular complexity index is 1230. The molecule has 0 aliphatic heterocycles. The van der Waals surface area contributed by atoms with E-state index < -0.39 is 5.25 Å². The molecular formula is C24H20ClFN4O2S. The summed E-state index contributed by atoms with van der Waals surface area (Å²) in [5.41, 5.74) is 1.31. The summed E-state index contributed by atoms with van der Waals surface area (Å²) < 4.78 is 20.8. The van der Waals surface area contributed by atoms with E-state index in [1.54, 1.807) is 16.7 Å². The number of nitrogens with one attached hydrogen (secondary N) is 1. The Morgan fingerprint density at radius 1 is 1.06 bits per heavy atom. The number of benzene rings is 3. The molecule has 3 aromatic carbocycles. The average molecular weight is 483 g/mol. The van der Waals surface area contributed by atoms with Gasteiger partial charge in [-0.25, -0.2) is 4.39 Å². The minimum atomic E-state index is -0.600. The highest BCUT2D eigenvalue weighted by Gasteiger charge is 2.25. The van der Waals surface area contributed by atoms with E-state index in [0.717, 1.165) is 5.56 Å². The maximum Gasteiger partial charge on any atom is 0.242 e. The number of amides is 1. The summed E-state index contributed by atoms with van der Waals surface area (Å²) >= 11 is 7.41. The van der Waals surface area contributed by atoms with Gasteiger partial charge in [-0.05, 0) is 42.0 Å². The van der Waals surface area contributed by atoms with Crippen LogP contribution >= 0.6 is 23.4 Å². The van der Waals surface area contributed by atoms with Gasteiger partial charge in [-0.2, -0.15) is 0 Å². The van der Waals surface area contributed by atoms with Crippen LogP contribution in [0.1, 0.15) is 16.6 Å². The SMILES string of the molecule is Cn1c(COc2ccccc2Cl)nnc1S[C@H](C(=O)Nc1ccc(F)cc1)c1ccccc1. The molecule has 33 heavy (non-hydrogen) atoms. The highest BCUT2D eigenvalue weighted by atomic mass is 35.5. The number of anilines is 1. The second-order valence-corrected chi connectivity index (χ2v) is 8.56. The van der Waals surface area contributed by atoms with Crippen LogP contribution in [-0.2, 0) is 18.4 Å². The molecule has 1 atom stereocenters. The van der Waals surface area contributed by atoms with Crippen LogP contribution < -0.4 is 10.1 Å². The first-order valence-electron chi connectivity index (χ1n) is 10.0. The van der Waals surface area contributed by atoms with Crippen LogP contribution in [0.25, 0.3) is 0 Å². The van der Waals surface area contributed by atoms with Crippen molar-refractivity contribution in [1.82, 2.24) is 14.8 Å². The lowest BCUT2D eigenvalue weighted by Crippen LogP contribution is -2.19. The van der Waals surface area contributed by atoms with Gasteiger partial charge >= 0.3 is 0 Å². The number of halogens is 2. The predicted molar refractivity (Wildman–Crippen MR) is 127 cm³/mol. The van der Waals surface area contributed by atoms with Crippen molar-refractivity contribution in [3.63, 3.8) is 0 Å². The monoisotopic (exact) mass is 482 g/mol. The molecule has 0 saturated carbocycles. The second kappa shape index (κ2) is 10.5. The lowest BCUT2D eigenvalue weighted by Gasteiger charge is -2.16. The maximum absolute atomic E-state index is 13.2. The number of aromatic nitrogens is 3. The quantitative estimate of drug-likeness (QED) is 0.328. The highest BCUT2D eigenvalue weighted by Crippen LogP contribution is 2.35. The van der Waals surface area contributed by atoms with Crippen LogP contribution in [0.5, 0.6) is 5.75 Å². The number of carbonyl (C=O) groups excluding carboxylic acids is 1. The number of ether oxygens (including phenoxy) is 1. The topological polar surface area (TPSA) is 69.0 Å². The highest BCUT2D eigenvalue weighted by molar-refractivity contribution is 8.00. The Morgan fingerprint density at radius 2 is 1.76 bits per heavy atom. The van der Waals surface area contributed by atoms with E-state index in [2.05, 4.69) is 15.5 Å². The lowest BCUT2D eigenvalue weighted by molar-refractivity contribution is -0.115. The molecule has 9 heteroatoms. The van der Waals surface area contributed by atoms with Crippen LogP contribution in [0.3, 0.4) is 0 Å². The van der Waals surface area contributed by atoms with Crippen molar-refractivity contribution in [2.45, 2.75) is 17.0 Å². The fraction of sp³-hybridized carbons (Fsp3) is 0.125. The molecular weight excluding hydrogens is 463 g/mol. The molecule has 6 nitrogen and oxygen atoms in total. The maximum atomic E-state index is 13.2. The zero-order chi connectivity index (χ0) is 23.2. The van der Waals surface area contributed by atoms with Gasteiger partial charge < -0.3 is 14.6 Å². The van der Waals surface area contributed by atoms with E-state index in [-0.39, 0.29) is 18.3 Å². The van der Waals surface area contributed by atoms with Crippen LogP contribution in [-0.4, -0.2) is 20.7 Å². The Hall–Kier alpha value is -3.36. The van der Waals surface area contributed by atoms with Crippen molar-refractivity contribution in [1.29, 1.82) is 0 Å². The Morgan fingerprint density at radius 3 is 2.48 bits per heavy atom. The number of hydrogen-bond donors (Lipinski definition) is 1. The first kappa shape index (κ1) is 22.8. The minimum absolute atomic E-state index is 0.172. The molecule has 4 rings (SSSR count). The van der Waals surface area contributed by atoms with Gasteiger partial charge in [-0.1, -0.05) is 65.8 Å². The van der Waals surface area contributed by atoms with Gasteiger partial charge in [-0.15, -0.1) is 10.2 Å². The summed E-state index contributed by atoms with van der Waals surface area (Å²) in [5.74, 6) is 0.516. The Balaban J connectivity index is 1.52. The number of rotatable bonds is 8. The van der Waals surface area contributed by atoms with Gasteiger partial charge in [0.05, 0.1) is 5.02 Å². The van der Waals surface area contributed by atoms with E-state index in [0.29, 0.717) is 27.4 Å². The van der Waals surface area contributed by atoms with Crippen molar-refractivity contribution < 1.29 is 13.9 Å². The minimum Gasteiger partial charge on any atom is -0.484 e. The summed E-state index contributed by atoms with van der Waals surface area (Å²) in [6.07, 6.45) is 0. The standard InChI is InChI=1S/C24H20ClFN4O2S/c1-30-21(15-32-20-10-6-5-9-19(20)25)28-29-24(30)33-22(16-7-3-2-4-8-16)23(31)27-18-13-11-17(26)12-14-18/h2-14,22H,15H2,1H3,(H,27,31)/t22-/m0/s1. The van der Waals surface area contributed by atoms with Gasteiger partial charge in [0.2, 0.25) is 5.91 Å². The third kappa shape index (κ3) is 5.71. The van der Waals surface area contributed by atoms with Crippen molar-refractivity contribution in [2.24, 2.45) is 7.05 Å². The normalized spacial score (nSPS) is 11.7. The molecule has 0 fully saturated rings. The summed E-state index contributed by atoms with van der Waals surface area (Å²) in [6, 6.07) is 22.2. The van der Waals surface area contributed by atoms with Crippen molar-refractivity contribution in [3.05, 3.63) is 101 Å². The molecule has 1 amide bonds. The van der Waals surface area contributed by atoms with Gasteiger partial charge in [0, 0.05) is 12.7 Å². The van der Waals surface area contributed by atoms with Gasteiger partial charge in [0.1, 0.15) is 23.4 Å². The van der Waals surface area contributed by atoms with Gasteiger partial charge in [0.25, 0.3) is 0 Å². The molecule has 168 valence electrons. The summed E-state index contributed by atoms with van der Waals surface area (Å²) in [7, 11) is 1.81. The van der Waals surface area contributed by atoms with E-state index >= 15 is 0 Å². The molecule has 0 aliphatic rings. The molecule has 0 unspecified atom stereocenters. The fourth-order valence-corrected chi connectivity index (χ4v) is 4.24. The number of para-hydroxylation sites is 1. The van der Waals surface area contributed by atoms with Gasteiger partial charge in [0.15, 0.2) is 11.0 Å². The van der Waals surface area contributed by atoms with Crippen molar-refractivity contribution in [2.75, 3.05) is 5.32 Å². The third-order valence-corrected chi connectivity index (χ3v) is 6.39. The number of hydrogen-bond acceptors (Lipinski definition) is 5. The number of thioether (sulfide) groups is 1. The largest absolute Gasteiger partial charge is 0.484 e. The molecule has 0 spiro atoms. The van der Waals surface area contributed by atoms with E-state index in [9.17, 15) is 9.18 Å². The van der Waals surface area contributed by atoms with Crippen LogP contribution in [0, 0.1) is 5.82 Å². The molecule has 0 aliphatic carbocycles. The Kier molecular flexibility index (Phi) is 7.26. The molecule has 0 saturated heterocycles. The van der Waals surface area contributed by atoms with Gasteiger partial charge in [-0.3, -0.25) is 4.79 Å². The first-order valence-corrected chi connectivity index (χ1v) is 11.3. The molecule has 4 aromatic rings. The zero-order valence-electron chi connectivity index (χ0n) is 17.6. The molecule has 1 aromatic heterocycles. The van der Waals surface area contributed by atoms with Crippen molar-refractivity contribution >= 4 is 35.0 Å². The molecule has 1 N–H and O–H groups in total. The Labute approximate surface area is 199 Å². The number of carbonyl (C=O) groups is 1. The predicted octanol–water partition coefficient (Wildman–Crippen LogP) is 5.66. The lowest BCUT2D eigenvalue weighted by atomic mass is 10.1. The molecule has 0 radical (unpaired) electrons. The van der Waals surface area contributed by atoms with Crippen LogP contribution in [0.15, 0.2) is 84.0 Å². The summed E-state index contributed by atoms with van der Waals surface area (Å²) in [5, 5.41) is 11.8. The van der Waals surface area contributed by atoms with E-state index in [4.69, 9.17) is 16.3 Å².